The van der Waals surface area contributed by atoms with E-state index in [0.29, 0.717) is 0 Å². The molecule has 0 aliphatic rings. The van der Waals surface area contributed by atoms with Crippen LogP contribution in [0.5, 0.6) is 0 Å². The zero-order valence-corrected chi connectivity index (χ0v) is 9.24. The number of hydrogen-bond acceptors (Lipinski definition) is 4. The molecule has 1 rings (SSSR count). The Balaban J connectivity index is 2.51. The molecule has 0 bridgehead atoms. The van der Waals surface area contributed by atoms with E-state index in [0.717, 1.165) is 0 Å². The molecule has 1 aromatic rings. The quantitative estimate of drug-likeness (QED) is 0.715. The van der Waals surface area contributed by atoms with E-state index < -0.39 is 16.1 Å². The van der Waals surface area contributed by atoms with Gasteiger partial charge in [0.1, 0.15) is 6.61 Å². The number of rotatable bonds is 5. The number of benzene rings is 1. The molecule has 7 heteroatoms. The number of amides is 1. The Kier molecular flexibility index (Phi) is 4.27. The number of carbonyl (C=O) groups is 1. The maximum atomic E-state index is 11.6. The summed E-state index contributed by atoms with van der Waals surface area (Å²) < 4.78 is 29.8. The number of ether oxygens (including phenoxy) is 1. The standard InChI is InChI=1S/C9H12N2O4S/c10-9(12)15-7-6-11-16(13,14)8-4-2-1-3-5-8/h1-5,11H,6-7H2,(H2,10,12). The SMILES string of the molecule is NC(=O)OCCNS(=O)(=O)c1ccccc1. The van der Waals surface area contributed by atoms with Gasteiger partial charge in [0.2, 0.25) is 10.0 Å². The fourth-order valence-corrected chi connectivity index (χ4v) is 2.04. The van der Waals surface area contributed by atoms with Gasteiger partial charge in [-0.25, -0.2) is 17.9 Å². The molecular formula is C9H12N2O4S. The van der Waals surface area contributed by atoms with Crippen molar-refractivity contribution >= 4 is 16.1 Å². The van der Waals surface area contributed by atoms with Crippen LogP contribution >= 0.6 is 0 Å². The maximum absolute atomic E-state index is 11.6. The Morgan fingerprint density at radius 1 is 1.31 bits per heavy atom. The van der Waals surface area contributed by atoms with E-state index in [1.165, 1.54) is 12.1 Å². The summed E-state index contributed by atoms with van der Waals surface area (Å²) in [6, 6.07) is 7.90. The summed E-state index contributed by atoms with van der Waals surface area (Å²) >= 11 is 0. The maximum Gasteiger partial charge on any atom is 0.404 e. The second-order valence-electron chi connectivity index (χ2n) is 2.88. The summed E-state index contributed by atoms with van der Waals surface area (Å²) in [5.41, 5.74) is 4.72. The molecule has 0 radical (unpaired) electrons. The van der Waals surface area contributed by atoms with E-state index in [4.69, 9.17) is 5.73 Å². The molecule has 0 fully saturated rings. The molecule has 0 saturated heterocycles. The van der Waals surface area contributed by atoms with E-state index in [1.807, 2.05) is 0 Å². The first-order chi connectivity index (χ1) is 7.52. The molecule has 0 aliphatic heterocycles. The molecule has 88 valence electrons. The second-order valence-corrected chi connectivity index (χ2v) is 4.65. The lowest BCUT2D eigenvalue weighted by Crippen LogP contribution is -2.29. The zero-order chi connectivity index (χ0) is 12.0. The number of carbonyl (C=O) groups excluding carboxylic acids is 1. The van der Waals surface area contributed by atoms with E-state index in [9.17, 15) is 13.2 Å². The van der Waals surface area contributed by atoms with E-state index in [2.05, 4.69) is 9.46 Å². The van der Waals surface area contributed by atoms with Crippen molar-refractivity contribution in [2.24, 2.45) is 5.73 Å². The van der Waals surface area contributed by atoms with Crippen LogP contribution in [0.3, 0.4) is 0 Å². The van der Waals surface area contributed by atoms with Crippen LogP contribution in [-0.4, -0.2) is 27.7 Å². The first-order valence-corrected chi connectivity index (χ1v) is 5.97. The molecule has 3 N–H and O–H groups in total. The third-order valence-electron chi connectivity index (χ3n) is 1.69. The van der Waals surface area contributed by atoms with Crippen molar-refractivity contribution in [3.63, 3.8) is 0 Å². The summed E-state index contributed by atoms with van der Waals surface area (Å²) in [6.45, 7) is -0.110. The Hall–Kier alpha value is -1.60. The Labute approximate surface area is 93.5 Å². The van der Waals surface area contributed by atoms with Gasteiger partial charge in [0.15, 0.2) is 0 Å². The van der Waals surface area contributed by atoms with Crippen molar-refractivity contribution in [1.82, 2.24) is 4.72 Å². The highest BCUT2D eigenvalue weighted by Gasteiger charge is 2.12. The van der Waals surface area contributed by atoms with E-state index in [1.54, 1.807) is 18.2 Å². The topological polar surface area (TPSA) is 98.5 Å². The van der Waals surface area contributed by atoms with Gasteiger partial charge in [-0.3, -0.25) is 0 Å². The van der Waals surface area contributed by atoms with Crippen LogP contribution in [0, 0.1) is 0 Å². The summed E-state index contributed by atoms with van der Waals surface area (Å²) in [5.74, 6) is 0. The minimum Gasteiger partial charge on any atom is -0.448 e. The molecule has 0 aliphatic carbocycles. The Morgan fingerprint density at radius 2 is 1.94 bits per heavy atom. The highest BCUT2D eigenvalue weighted by atomic mass is 32.2. The smallest absolute Gasteiger partial charge is 0.404 e. The first-order valence-electron chi connectivity index (χ1n) is 4.49. The molecule has 1 aromatic carbocycles. The van der Waals surface area contributed by atoms with Crippen molar-refractivity contribution < 1.29 is 17.9 Å². The monoisotopic (exact) mass is 244 g/mol. The van der Waals surface area contributed by atoms with Crippen molar-refractivity contribution in [3.8, 4) is 0 Å². The molecule has 0 heterocycles. The molecular weight excluding hydrogens is 232 g/mol. The minimum atomic E-state index is -3.54. The van der Waals surface area contributed by atoms with Gasteiger partial charge >= 0.3 is 6.09 Å². The zero-order valence-electron chi connectivity index (χ0n) is 8.42. The molecule has 0 atom stereocenters. The van der Waals surface area contributed by atoms with Crippen LogP contribution in [0.1, 0.15) is 0 Å². The summed E-state index contributed by atoms with van der Waals surface area (Å²) in [4.78, 5) is 10.4. The molecule has 0 saturated carbocycles. The van der Waals surface area contributed by atoms with Crippen LogP contribution in [0.25, 0.3) is 0 Å². The lowest BCUT2D eigenvalue weighted by molar-refractivity contribution is 0.159. The van der Waals surface area contributed by atoms with Gasteiger partial charge in [-0.1, -0.05) is 18.2 Å². The summed E-state index contributed by atoms with van der Waals surface area (Å²) in [5, 5.41) is 0. The van der Waals surface area contributed by atoms with Crippen LogP contribution in [0.15, 0.2) is 35.2 Å². The van der Waals surface area contributed by atoms with Crippen molar-refractivity contribution in [1.29, 1.82) is 0 Å². The molecule has 0 spiro atoms. The van der Waals surface area contributed by atoms with Gasteiger partial charge in [0.05, 0.1) is 4.90 Å². The van der Waals surface area contributed by atoms with Gasteiger partial charge in [-0.15, -0.1) is 0 Å². The summed E-state index contributed by atoms with van der Waals surface area (Å²) in [6.07, 6.45) is -0.932. The average Bonchev–Trinajstić information content (AvgIpc) is 2.26. The third kappa shape index (κ3) is 3.87. The number of nitrogens with two attached hydrogens (primary N) is 1. The molecule has 0 unspecified atom stereocenters. The lowest BCUT2D eigenvalue weighted by Gasteiger charge is -2.06. The van der Waals surface area contributed by atoms with Crippen LogP contribution in [0.2, 0.25) is 0 Å². The minimum absolute atomic E-state index is 0.0137. The molecule has 6 nitrogen and oxygen atoms in total. The van der Waals surface area contributed by atoms with Gasteiger partial charge in [0.25, 0.3) is 0 Å². The third-order valence-corrected chi connectivity index (χ3v) is 3.17. The molecule has 16 heavy (non-hydrogen) atoms. The fourth-order valence-electron chi connectivity index (χ4n) is 1.01. The van der Waals surface area contributed by atoms with Crippen LogP contribution in [0.4, 0.5) is 4.79 Å². The fraction of sp³-hybridized carbons (Fsp3) is 0.222. The number of nitrogens with one attached hydrogen (secondary N) is 1. The van der Waals surface area contributed by atoms with Crippen LogP contribution < -0.4 is 10.5 Å². The lowest BCUT2D eigenvalue weighted by atomic mass is 10.4. The molecule has 1 amide bonds. The predicted octanol–water partition coefficient (Wildman–Crippen LogP) is 0.0602. The van der Waals surface area contributed by atoms with Crippen molar-refractivity contribution in [2.75, 3.05) is 13.2 Å². The number of primary amides is 1. The average molecular weight is 244 g/mol. The van der Waals surface area contributed by atoms with E-state index in [-0.39, 0.29) is 18.0 Å². The molecule has 0 aromatic heterocycles. The van der Waals surface area contributed by atoms with Gasteiger partial charge in [0, 0.05) is 6.54 Å². The van der Waals surface area contributed by atoms with Gasteiger partial charge in [-0.05, 0) is 12.1 Å². The highest BCUT2D eigenvalue weighted by Crippen LogP contribution is 2.06. The van der Waals surface area contributed by atoms with E-state index >= 15 is 0 Å². The first kappa shape index (κ1) is 12.5. The van der Waals surface area contributed by atoms with Gasteiger partial charge in [-0.2, -0.15) is 0 Å². The normalized spacial score (nSPS) is 11.0. The number of sulfonamides is 1. The predicted molar refractivity (Wildman–Crippen MR) is 57.2 cm³/mol. The Bertz CT molecular complexity index is 444. The van der Waals surface area contributed by atoms with Crippen molar-refractivity contribution in [2.45, 2.75) is 4.90 Å². The van der Waals surface area contributed by atoms with Gasteiger partial charge < -0.3 is 10.5 Å². The van der Waals surface area contributed by atoms with Crippen molar-refractivity contribution in [3.05, 3.63) is 30.3 Å². The summed E-state index contributed by atoms with van der Waals surface area (Å²) in [7, 11) is -3.54. The Morgan fingerprint density at radius 3 is 2.50 bits per heavy atom. The van der Waals surface area contributed by atoms with Crippen LogP contribution in [-0.2, 0) is 14.8 Å². The largest absolute Gasteiger partial charge is 0.448 e. The highest BCUT2D eigenvalue weighted by molar-refractivity contribution is 7.89. The number of hydrogen-bond donors (Lipinski definition) is 2. The second kappa shape index (κ2) is 5.47.